The van der Waals surface area contributed by atoms with E-state index < -0.39 is 5.63 Å². The number of ether oxygens (including phenoxy) is 1. The van der Waals surface area contributed by atoms with Crippen molar-refractivity contribution in [3.8, 4) is 5.75 Å². The molecule has 2 aromatic rings. The molecule has 1 aliphatic heterocycles. The Kier molecular flexibility index (Phi) is 5.04. The second-order valence-corrected chi connectivity index (χ2v) is 8.76. The van der Waals surface area contributed by atoms with E-state index in [4.69, 9.17) is 9.15 Å². The molecule has 6 nitrogen and oxygen atoms in total. The maximum absolute atomic E-state index is 12.8. The summed E-state index contributed by atoms with van der Waals surface area (Å²) in [6.07, 6.45) is 1.69. The maximum atomic E-state index is 12.8. The molecule has 1 fully saturated rings. The summed E-state index contributed by atoms with van der Waals surface area (Å²) < 4.78 is 10.9. The molecule has 6 heteroatoms. The highest BCUT2D eigenvalue weighted by Crippen LogP contribution is 2.25. The first kappa shape index (κ1) is 19.4. The lowest BCUT2D eigenvalue weighted by Crippen LogP contribution is -3.06. The molecule has 1 aliphatic rings. The highest BCUT2D eigenvalue weighted by Gasteiger charge is 2.42. The molecule has 3 rings (SSSR count). The molecule has 0 saturated carbocycles. The van der Waals surface area contributed by atoms with Gasteiger partial charge in [0.15, 0.2) is 11.3 Å². The molecule has 1 aromatic carbocycles. The van der Waals surface area contributed by atoms with Gasteiger partial charge in [0.05, 0.1) is 17.7 Å². The van der Waals surface area contributed by atoms with E-state index in [2.05, 4.69) is 38.3 Å². The molecule has 0 radical (unpaired) electrons. The number of nitrogens with one attached hydrogen (secondary N) is 1. The third-order valence-electron chi connectivity index (χ3n) is 4.93. The van der Waals surface area contributed by atoms with Gasteiger partial charge in [0, 0.05) is 24.3 Å². The normalized spacial score (nSPS) is 19.0. The molecule has 3 N–H and O–H groups in total. The van der Waals surface area contributed by atoms with Gasteiger partial charge in [-0.05, 0) is 46.8 Å². The summed E-state index contributed by atoms with van der Waals surface area (Å²) in [4.78, 5) is 25.2. The molecule has 1 amide bonds. The van der Waals surface area contributed by atoms with Crippen LogP contribution in [0, 0.1) is 0 Å². The van der Waals surface area contributed by atoms with Gasteiger partial charge in [-0.2, -0.15) is 0 Å². The van der Waals surface area contributed by atoms with E-state index in [9.17, 15) is 9.59 Å². The number of rotatable bonds is 4. The van der Waals surface area contributed by atoms with Crippen molar-refractivity contribution in [3.05, 3.63) is 40.2 Å². The van der Waals surface area contributed by atoms with E-state index in [-0.39, 0.29) is 28.6 Å². The zero-order chi connectivity index (χ0) is 19.8. The first-order valence-electron chi connectivity index (χ1n) is 9.48. The number of carbonyl (C=O) groups excluding carboxylic acids is 1. The van der Waals surface area contributed by atoms with Gasteiger partial charge >= 0.3 is 5.63 Å². The minimum absolute atomic E-state index is 0.0114. The van der Waals surface area contributed by atoms with Crippen molar-refractivity contribution in [2.45, 2.75) is 64.6 Å². The van der Waals surface area contributed by atoms with Crippen LogP contribution in [0.15, 0.2) is 33.5 Å². The summed E-state index contributed by atoms with van der Waals surface area (Å²) in [6.45, 7) is 11.0. The number of carbonyl (C=O) groups is 1. The monoisotopic (exact) mass is 373 g/mol. The lowest BCUT2D eigenvalue weighted by atomic mass is 9.79. The fourth-order valence-electron chi connectivity index (χ4n) is 4.43. The fourth-order valence-corrected chi connectivity index (χ4v) is 4.43. The van der Waals surface area contributed by atoms with E-state index in [0.717, 1.165) is 12.8 Å². The van der Waals surface area contributed by atoms with Gasteiger partial charge in [-0.1, -0.05) is 12.1 Å². The standard InChI is InChI=1S/C21H28N2O4/c1-6-26-16-9-7-8-13-10-15(19(25)27-17(13)16)18(24)22-14-11-20(2,3)23-21(4,5)12-14/h7-10,14,23H,6,11-12H2,1-5H3,(H,22,24)/p+1. The van der Waals surface area contributed by atoms with E-state index >= 15 is 0 Å². The second kappa shape index (κ2) is 7.00. The average molecular weight is 373 g/mol. The van der Waals surface area contributed by atoms with E-state index in [1.807, 2.05) is 13.0 Å². The fraction of sp³-hybridized carbons (Fsp3) is 0.524. The highest BCUT2D eigenvalue weighted by molar-refractivity contribution is 5.97. The van der Waals surface area contributed by atoms with Crippen LogP contribution in [0.4, 0.5) is 0 Å². The van der Waals surface area contributed by atoms with Crippen LogP contribution < -0.4 is 21.0 Å². The summed E-state index contributed by atoms with van der Waals surface area (Å²) in [5.41, 5.74) is -0.190. The predicted octanol–water partition coefficient (Wildman–Crippen LogP) is 2.20. The van der Waals surface area contributed by atoms with Crippen molar-refractivity contribution in [1.29, 1.82) is 0 Å². The van der Waals surface area contributed by atoms with Crippen molar-refractivity contribution in [2.75, 3.05) is 6.61 Å². The Hall–Kier alpha value is -2.34. The molecule has 1 saturated heterocycles. The van der Waals surface area contributed by atoms with Crippen LogP contribution in [0.3, 0.4) is 0 Å². The number of hydrogen-bond acceptors (Lipinski definition) is 4. The van der Waals surface area contributed by atoms with Crippen molar-refractivity contribution in [2.24, 2.45) is 0 Å². The summed E-state index contributed by atoms with van der Waals surface area (Å²) in [5, 5.41) is 6.06. The Balaban J connectivity index is 1.88. The van der Waals surface area contributed by atoms with E-state index in [1.54, 1.807) is 18.2 Å². The van der Waals surface area contributed by atoms with Crippen LogP contribution in [-0.2, 0) is 0 Å². The molecule has 0 aliphatic carbocycles. The van der Waals surface area contributed by atoms with Crippen LogP contribution in [0.25, 0.3) is 11.0 Å². The summed E-state index contributed by atoms with van der Waals surface area (Å²) in [5.74, 6) is 0.122. The molecule has 27 heavy (non-hydrogen) atoms. The van der Waals surface area contributed by atoms with Crippen LogP contribution >= 0.6 is 0 Å². The number of para-hydroxylation sites is 1. The third-order valence-corrected chi connectivity index (χ3v) is 4.93. The number of fused-ring (bicyclic) bond motifs is 1. The van der Waals surface area contributed by atoms with Crippen molar-refractivity contribution in [3.63, 3.8) is 0 Å². The Morgan fingerprint density at radius 1 is 1.26 bits per heavy atom. The zero-order valence-corrected chi connectivity index (χ0v) is 16.7. The number of hydrogen-bond donors (Lipinski definition) is 2. The minimum Gasteiger partial charge on any atom is -0.490 e. The molecular formula is C21H29N2O4+. The average Bonchev–Trinajstić information content (AvgIpc) is 2.52. The topological polar surface area (TPSA) is 85.1 Å². The number of piperidine rings is 1. The van der Waals surface area contributed by atoms with Gasteiger partial charge in [0.2, 0.25) is 0 Å². The zero-order valence-electron chi connectivity index (χ0n) is 16.7. The number of quaternary nitrogens is 1. The van der Waals surface area contributed by atoms with Gasteiger partial charge in [-0.25, -0.2) is 4.79 Å². The van der Waals surface area contributed by atoms with Crippen molar-refractivity contribution in [1.82, 2.24) is 5.32 Å². The maximum Gasteiger partial charge on any atom is 0.349 e. The van der Waals surface area contributed by atoms with Crippen LogP contribution in [0.1, 0.15) is 57.8 Å². The SMILES string of the molecule is CCOc1cccc2cc(C(=O)NC3CC(C)(C)[NH2+]C(C)(C)C3)c(=O)oc12. The molecule has 146 valence electrons. The smallest absolute Gasteiger partial charge is 0.349 e. The number of nitrogens with two attached hydrogens (primary N) is 1. The highest BCUT2D eigenvalue weighted by atomic mass is 16.5. The van der Waals surface area contributed by atoms with E-state index in [0.29, 0.717) is 23.3 Å². The first-order valence-corrected chi connectivity index (χ1v) is 9.48. The van der Waals surface area contributed by atoms with Crippen LogP contribution in [0.5, 0.6) is 5.75 Å². The van der Waals surface area contributed by atoms with Crippen LogP contribution in [-0.4, -0.2) is 29.6 Å². The van der Waals surface area contributed by atoms with Crippen molar-refractivity contribution >= 4 is 16.9 Å². The third kappa shape index (κ3) is 4.33. The van der Waals surface area contributed by atoms with Gasteiger partial charge in [-0.15, -0.1) is 0 Å². The van der Waals surface area contributed by atoms with E-state index in [1.165, 1.54) is 0 Å². The Morgan fingerprint density at radius 2 is 1.93 bits per heavy atom. The minimum atomic E-state index is -0.645. The second-order valence-electron chi connectivity index (χ2n) is 8.76. The Bertz CT molecular complexity index is 898. The molecule has 0 spiro atoms. The predicted molar refractivity (Wildman–Crippen MR) is 104 cm³/mol. The lowest BCUT2D eigenvalue weighted by molar-refractivity contribution is -0.787. The summed E-state index contributed by atoms with van der Waals surface area (Å²) in [7, 11) is 0. The molecule has 1 aromatic heterocycles. The summed E-state index contributed by atoms with van der Waals surface area (Å²) in [6, 6.07) is 6.97. The molecule has 0 atom stereocenters. The van der Waals surface area contributed by atoms with Crippen LogP contribution in [0.2, 0.25) is 0 Å². The first-order chi connectivity index (χ1) is 12.6. The molecular weight excluding hydrogens is 344 g/mol. The van der Waals surface area contributed by atoms with Gasteiger partial charge < -0.3 is 19.8 Å². The van der Waals surface area contributed by atoms with Crippen molar-refractivity contribution < 1.29 is 19.3 Å². The largest absolute Gasteiger partial charge is 0.490 e. The number of benzene rings is 1. The molecule has 0 bridgehead atoms. The lowest BCUT2D eigenvalue weighted by Gasteiger charge is -2.43. The van der Waals surface area contributed by atoms with Gasteiger partial charge in [0.25, 0.3) is 5.91 Å². The number of amides is 1. The van der Waals surface area contributed by atoms with Gasteiger partial charge in [-0.3, -0.25) is 4.79 Å². The molecule has 2 heterocycles. The quantitative estimate of drug-likeness (QED) is 0.805. The Labute approximate surface area is 159 Å². The Morgan fingerprint density at radius 3 is 2.56 bits per heavy atom. The van der Waals surface area contributed by atoms with Gasteiger partial charge in [0.1, 0.15) is 5.56 Å². The molecule has 0 unspecified atom stereocenters. The summed E-state index contributed by atoms with van der Waals surface area (Å²) >= 11 is 0.